The van der Waals surface area contributed by atoms with Crippen LogP contribution in [0, 0.1) is 11.8 Å². The van der Waals surface area contributed by atoms with Crippen LogP contribution in [-0.4, -0.2) is 24.3 Å². The molecule has 3 aliphatic rings. The minimum atomic E-state index is -0.000692. The summed E-state index contributed by atoms with van der Waals surface area (Å²) in [4.78, 5) is 16.7. The molecule has 1 heterocycles. The number of esters is 1. The first-order chi connectivity index (χ1) is 8.83. The number of fused-ring (bicyclic) bond motifs is 1. The van der Waals surface area contributed by atoms with Crippen molar-refractivity contribution in [1.82, 2.24) is 0 Å². The molecule has 0 aromatic rings. The number of hydrogen-bond acceptors (Lipinski definition) is 3. The van der Waals surface area contributed by atoms with Gasteiger partial charge in [0, 0.05) is 18.1 Å². The summed E-state index contributed by atoms with van der Waals surface area (Å²) in [6.45, 7) is 0.644. The van der Waals surface area contributed by atoms with Crippen molar-refractivity contribution in [3.8, 4) is 0 Å². The molecule has 98 valence electrons. The second kappa shape index (κ2) is 5.25. The van der Waals surface area contributed by atoms with Crippen LogP contribution in [0.3, 0.4) is 0 Å². The molecule has 2 aliphatic carbocycles. The van der Waals surface area contributed by atoms with E-state index in [0.717, 1.165) is 32.1 Å². The highest BCUT2D eigenvalue weighted by atomic mass is 16.5. The summed E-state index contributed by atoms with van der Waals surface area (Å²) >= 11 is 0. The maximum Gasteiger partial charge on any atom is 0.311 e. The Bertz CT molecular complexity index is 380. The standard InChI is InChI=1S/C15H21NO2/c17-15(18-13-6-2-3-7-13)12-9-11-5-1-4-8-14(11)16-10-12/h1,4,11-13H,2-3,5-10H2. The topological polar surface area (TPSA) is 38.7 Å². The number of rotatable bonds is 2. The number of aliphatic imine (C=N–C) groups is 1. The fourth-order valence-corrected chi connectivity index (χ4v) is 3.28. The minimum absolute atomic E-state index is 0.000692. The molecular formula is C15H21NO2. The van der Waals surface area contributed by atoms with E-state index in [-0.39, 0.29) is 18.0 Å². The maximum atomic E-state index is 12.1. The summed E-state index contributed by atoms with van der Waals surface area (Å²) < 4.78 is 5.60. The second-order valence-electron chi connectivity index (χ2n) is 5.72. The van der Waals surface area contributed by atoms with Gasteiger partial charge in [0.1, 0.15) is 6.10 Å². The molecule has 0 saturated heterocycles. The normalized spacial score (nSPS) is 31.9. The summed E-state index contributed by atoms with van der Waals surface area (Å²) in [6, 6.07) is 0. The number of carbonyl (C=O) groups excluding carboxylic acids is 1. The fraction of sp³-hybridized carbons (Fsp3) is 0.733. The third-order valence-corrected chi connectivity index (χ3v) is 4.39. The van der Waals surface area contributed by atoms with Crippen molar-refractivity contribution in [2.75, 3.05) is 6.54 Å². The van der Waals surface area contributed by atoms with Crippen molar-refractivity contribution in [2.24, 2.45) is 16.8 Å². The van der Waals surface area contributed by atoms with Crippen LogP contribution in [0.2, 0.25) is 0 Å². The summed E-state index contributed by atoms with van der Waals surface area (Å²) in [5, 5.41) is 0. The maximum absolute atomic E-state index is 12.1. The van der Waals surface area contributed by atoms with Gasteiger partial charge in [-0.2, -0.15) is 0 Å². The molecule has 1 saturated carbocycles. The van der Waals surface area contributed by atoms with Gasteiger partial charge in [-0.1, -0.05) is 12.2 Å². The SMILES string of the molecule is O=C(OC1CCCC1)C1CN=C2CC=CCC2C1. The first-order valence-corrected chi connectivity index (χ1v) is 7.21. The average molecular weight is 247 g/mol. The van der Waals surface area contributed by atoms with Crippen molar-refractivity contribution >= 4 is 11.7 Å². The molecule has 0 aromatic heterocycles. The lowest BCUT2D eigenvalue weighted by molar-refractivity contribution is -0.154. The number of hydrogen-bond donors (Lipinski definition) is 0. The van der Waals surface area contributed by atoms with Gasteiger partial charge < -0.3 is 4.74 Å². The van der Waals surface area contributed by atoms with Crippen molar-refractivity contribution in [1.29, 1.82) is 0 Å². The largest absolute Gasteiger partial charge is 0.462 e. The second-order valence-corrected chi connectivity index (χ2v) is 5.72. The van der Waals surface area contributed by atoms with E-state index in [2.05, 4.69) is 17.1 Å². The van der Waals surface area contributed by atoms with E-state index in [4.69, 9.17) is 4.74 Å². The van der Waals surface area contributed by atoms with Crippen LogP contribution in [0.4, 0.5) is 0 Å². The van der Waals surface area contributed by atoms with E-state index < -0.39 is 0 Å². The summed E-state index contributed by atoms with van der Waals surface area (Å²) in [7, 11) is 0. The molecule has 1 aliphatic heterocycles. The van der Waals surface area contributed by atoms with Crippen LogP contribution in [-0.2, 0) is 9.53 Å². The highest BCUT2D eigenvalue weighted by molar-refractivity contribution is 5.90. The molecule has 0 spiro atoms. The van der Waals surface area contributed by atoms with Gasteiger partial charge in [-0.05, 0) is 38.5 Å². The van der Waals surface area contributed by atoms with Crippen molar-refractivity contribution in [3.05, 3.63) is 12.2 Å². The van der Waals surface area contributed by atoms with Gasteiger partial charge in [-0.3, -0.25) is 9.79 Å². The molecule has 1 fully saturated rings. The van der Waals surface area contributed by atoms with Crippen LogP contribution in [0.15, 0.2) is 17.1 Å². The molecule has 0 amide bonds. The molecule has 0 bridgehead atoms. The highest BCUT2D eigenvalue weighted by Gasteiger charge is 2.32. The Hall–Kier alpha value is -1.12. The third-order valence-electron chi connectivity index (χ3n) is 4.39. The number of nitrogens with zero attached hydrogens (tertiary/aromatic N) is 1. The van der Waals surface area contributed by atoms with Crippen LogP contribution in [0.5, 0.6) is 0 Å². The summed E-state index contributed by atoms with van der Waals surface area (Å²) in [5.41, 5.74) is 1.29. The minimum Gasteiger partial charge on any atom is -0.462 e. The van der Waals surface area contributed by atoms with E-state index in [1.54, 1.807) is 0 Å². The first-order valence-electron chi connectivity index (χ1n) is 7.21. The number of allylic oxidation sites excluding steroid dienone is 2. The Morgan fingerprint density at radius 2 is 2.11 bits per heavy atom. The zero-order valence-electron chi connectivity index (χ0n) is 10.8. The van der Waals surface area contributed by atoms with Crippen LogP contribution in [0.25, 0.3) is 0 Å². The monoisotopic (exact) mass is 247 g/mol. The molecule has 3 rings (SSSR count). The van der Waals surface area contributed by atoms with Gasteiger partial charge in [0.15, 0.2) is 0 Å². The third kappa shape index (κ3) is 2.50. The van der Waals surface area contributed by atoms with E-state index in [0.29, 0.717) is 12.5 Å². The fourth-order valence-electron chi connectivity index (χ4n) is 3.28. The predicted octanol–water partition coefficient (Wildman–Crippen LogP) is 2.90. The molecule has 0 aromatic carbocycles. The molecule has 0 radical (unpaired) electrons. The molecular weight excluding hydrogens is 226 g/mol. The van der Waals surface area contributed by atoms with Crippen molar-refractivity contribution in [3.63, 3.8) is 0 Å². The predicted molar refractivity (Wildman–Crippen MR) is 70.6 cm³/mol. The molecule has 0 N–H and O–H groups in total. The lowest BCUT2D eigenvalue weighted by atomic mass is 9.82. The Morgan fingerprint density at radius 1 is 1.28 bits per heavy atom. The van der Waals surface area contributed by atoms with Gasteiger partial charge in [0.25, 0.3) is 0 Å². The van der Waals surface area contributed by atoms with Gasteiger partial charge >= 0.3 is 5.97 Å². The Kier molecular flexibility index (Phi) is 3.48. The molecule has 18 heavy (non-hydrogen) atoms. The smallest absolute Gasteiger partial charge is 0.311 e. The molecule has 2 unspecified atom stereocenters. The van der Waals surface area contributed by atoms with Crippen LogP contribution >= 0.6 is 0 Å². The first kappa shape index (κ1) is 11.9. The Balaban J connectivity index is 1.57. The molecule has 3 nitrogen and oxygen atoms in total. The van der Waals surface area contributed by atoms with E-state index in [1.807, 2.05) is 0 Å². The van der Waals surface area contributed by atoms with Gasteiger partial charge in [0.05, 0.1) is 12.5 Å². The lowest BCUT2D eigenvalue weighted by Gasteiger charge is -2.29. The molecule has 2 atom stereocenters. The zero-order valence-corrected chi connectivity index (χ0v) is 10.8. The Morgan fingerprint density at radius 3 is 2.94 bits per heavy atom. The van der Waals surface area contributed by atoms with Crippen LogP contribution in [0.1, 0.15) is 44.9 Å². The summed E-state index contributed by atoms with van der Waals surface area (Å²) in [5.74, 6) is 0.495. The number of ether oxygens (including phenoxy) is 1. The molecule has 3 heteroatoms. The van der Waals surface area contributed by atoms with Crippen LogP contribution < -0.4 is 0 Å². The number of carbonyl (C=O) groups is 1. The van der Waals surface area contributed by atoms with E-state index in [1.165, 1.54) is 18.6 Å². The van der Waals surface area contributed by atoms with Gasteiger partial charge in [-0.25, -0.2) is 0 Å². The lowest BCUT2D eigenvalue weighted by Crippen LogP contribution is -2.33. The average Bonchev–Trinajstić information content (AvgIpc) is 2.91. The van der Waals surface area contributed by atoms with E-state index in [9.17, 15) is 4.79 Å². The van der Waals surface area contributed by atoms with Gasteiger partial charge in [-0.15, -0.1) is 0 Å². The Labute approximate surface area is 108 Å². The van der Waals surface area contributed by atoms with Crippen molar-refractivity contribution < 1.29 is 9.53 Å². The zero-order chi connectivity index (χ0) is 12.4. The highest BCUT2D eigenvalue weighted by Crippen LogP contribution is 2.30. The quantitative estimate of drug-likeness (QED) is 0.556. The van der Waals surface area contributed by atoms with Crippen molar-refractivity contribution in [2.45, 2.75) is 51.0 Å². The van der Waals surface area contributed by atoms with Gasteiger partial charge in [0.2, 0.25) is 0 Å². The summed E-state index contributed by atoms with van der Waals surface area (Å²) in [6.07, 6.45) is 12.1. The van der Waals surface area contributed by atoms with E-state index >= 15 is 0 Å².